The predicted octanol–water partition coefficient (Wildman–Crippen LogP) is 4.96. The lowest BCUT2D eigenvalue weighted by atomic mass is 9.82. The molecular weight excluding hydrogens is 701 g/mol. The number of primary amides is 2. The lowest BCUT2D eigenvalue weighted by Crippen LogP contribution is -2.23. The summed E-state index contributed by atoms with van der Waals surface area (Å²) in [6.07, 6.45) is 3.34. The van der Waals surface area contributed by atoms with Gasteiger partial charge in [0.15, 0.2) is 0 Å². The Morgan fingerprint density at radius 2 is 1.35 bits per heavy atom. The number of nitrogens with zero attached hydrogens (tertiary/aromatic N) is 8. The van der Waals surface area contributed by atoms with Crippen molar-refractivity contribution in [1.29, 1.82) is 0 Å². The van der Waals surface area contributed by atoms with Gasteiger partial charge in [-0.1, -0.05) is 13.8 Å². The molecule has 0 fully saturated rings. The highest BCUT2D eigenvalue weighted by atomic mass is 16.2. The van der Waals surface area contributed by atoms with Crippen LogP contribution in [0.5, 0.6) is 0 Å². The van der Waals surface area contributed by atoms with Crippen molar-refractivity contribution >= 4 is 57.6 Å². The number of rotatable bonds is 3. The maximum absolute atomic E-state index is 14.3. The number of anilines is 2. The van der Waals surface area contributed by atoms with Crippen molar-refractivity contribution in [3.05, 3.63) is 81.9 Å². The third-order valence-corrected chi connectivity index (χ3v) is 10.5. The molecule has 16 nitrogen and oxygen atoms in total. The number of aryl methyl sites for hydroxylation is 6. The minimum atomic E-state index is -0.576. The fourth-order valence-corrected chi connectivity index (χ4v) is 7.37. The predicted molar refractivity (Wildman–Crippen MR) is 208 cm³/mol. The second-order valence-electron chi connectivity index (χ2n) is 15.0. The topological polar surface area (TPSA) is 216 Å². The molecule has 4 aromatic heterocycles. The van der Waals surface area contributed by atoms with E-state index in [2.05, 4.69) is 29.6 Å². The molecule has 1 aliphatic heterocycles. The molecule has 0 atom stereocenters. The zero-order valence-corrected chi connectivity index (χ0v) is 31.8. The number of carbonyl (C=O) groups is 4. The minimum Gasteiger partial charge on any atom is -0.366 e. The van der Waals surface area contributed by atoms with E-state index < -0.39 is 11.8 Å². The van der Waals surface area contributed by atoms with E-state index in [0.29, 0.717) is 103 Å². The van der Waals surface area contributed by atoms with Crippen LogP contribution >= 0.6 is 0 Å². The summed E-state index contributed by atoms with van der Waals surface area (Å²) in [4.78, 5) is 61.8. The number of hydrogen-bond acceptors (Lipinski definition) is 8. The first-order valence-corrected chi connectivity index (χ1v) is 18.6. The van der Waals surface area contributed by atoms with Gasteiger partial charge in [-0.3, -0.25) is 39.2 Å². The number of benzene rings is 2. The van der Waals surface area contributed by atoms with Crippen LogP contribution in [0.1, 0.15) is 105 Å². The van der Waals surface area contributed by atoms with Crippen molar-refractivity contribution < 1.29 is 19.2 Å². The average molecular weight is 747 g/mol. The third-order valence-electron chi connectivity index (χ3n) is 10.5. The first kappa shape index (κ1) is 37.0. The molecule has 0 spiro atoms. The summed E-state index contributed by atoms with van der Waals surface area (Å²) < 4.78 is 7.32. The number of imidazole rings is 2. The van der Waals surface area contributed by atoms with E-state index in [1.54, 1.807) is 51.8 Å². The van der Waals surface area contributed by atoms with E-state index in [0.717, 1.165) is 28.7 Å². The number of nitrogens with one attached hydrogen (secondary N) is 2. The zero-order valence-electron chi connectivity index (χ0n) is 31.8. The van der Waals surface area contributed by atoms with Crippen molar-refractivity contribution in [2.24, 2.45) is 16.9 Å². The van der Waals surface area contributed by atoms with Crippen molar-refractivity contribution in [3.8, 4) is 0 Å². The number of hydrogen-bond donors (Lipinski definition) is 4. The summed E-state index contributed by atoms with van der Waals surface area (Å²) >= 11 is 0. The molecule has 2 aromatic carbocycles. The fraction of sp³-hybridized carbons (Fsp3) is 0.385. The largest absolute Gasteiger partial charge is 0.366 e. The monoisotopic (exact) mass is 746 g/mol. The van der Waals surface area contributed by atoms with Gasteiger partial charge in [-0.25, -0.2) is 9.97 Å². The lowest BCUT2D eigenvalue weighted by Gasteiger charge is -2.25. The van der Waals surface area contributed by atoms with Crippen LogP contribution in [0.4, 0.5) is 11.9 Å². The molecule has 5 heterocycles. The smallest absolute Gasteiger partial charge is 0.276 e. The van der Waals surface area contributed by atoms with E-state index in [1.807, 2.05) is 29.9 Å². The van der Waals surface area contributed by atoms with Crippen LogP contribution in [0, 0.1) is 19.3 Å². The molecule has 4 amide bonds. The van der Waals surface area contributed by atoms with Crippen LogP contribution in [0.2, 0.25) is 0 Å². The molecule has 16 heteroatoms. The number of aromatic nitrogens is 8. The van der Waals surface area contributed by atoms with Gasteiger partial charge in [-0.15, -0.1) is 0 Å². The Labute approximate surface area is 317 Å². The Kier molecular flexibility index (Phi) is 9.75. The lowest BCUT2D eigenvalue weighted by molar-refractivity contribution is 0.0992. The molecule has 286 valence electrons. The van der Waals surface area contributed by atoms with Gasteiger partial charge in [0.2, 0.25) is 23.7 Å². The van der Waals surface area contributed by atoms with E-state index in [1.165, 1.54) is 0 Å². The maximum atomic E-state index is 14.3. The molecule has 55 heavy (non-hydrogen) atoms. The molecule has 1 aliphatic rings. The molecule has 0 saturated carbocycles. The van der Waals surface area contributed by atoms with Gasteiger partial charge in [0.05, 0.1) is 33.5 Å². The van der Waals surface area contributed by atoms with Crippen molar-refractivity contribution in [2.75, 3.05) is 10.6 Å². The van der Waals surface area contributed by atoms with Crippen LogP contribution in [0.15, 0.2) is 42.5 Å². The quantitative estimate of drug-likeness (QED) is 0.194. The number of amides is 4. The molecular formula is C39H46N12O4. The minimum absolute atomic E-state index is 0.195. The highest BCUT2D eigenvalue weighted by Gasteiger charge is 2.27. The first-order valence-electron chi connectivity index (χ1n) is 18.6. The first-order chi connectivity index (χ1) is 26.2. The van der Waals surface area contributed by atoms with Gasteiger partial charge < -0.3 is 20.6 Å². The van der Waals surface area contributed by atoms with E-state index in [4.69, 9.17) is 26.5 Å². The van der Waals surface area contributed by atoms with Crippen molar-refractivity contribution in [2.45, 2.75) is 92.9 Å². The molecule has 6 N–H and O–H groups in total. The number of carbonyl (C=O) groups excluding carboxylic acids is 4. The Morgan fingerprint density at radius 3 is 1.89 bits per heavy atom. The van der Waals surface area contributed by atoms with Crippen LogP contribution in [-0.4, -0.2) is 62.3 Å². The van der Waals surface area contributed by atoms with Crippen molar-refractivity contribution in [3.63, 3.8) is 0 Å². The summed E-state index contributed by atoms with van der Waals surface area (Å²) in [5, 5.41) is 15.5. The van der Waals surface area contributed by atoms with Gasteiger partial charge in [0.1, 0.15) is 11.4 Å². The van der Waals surface area contributed by atoms with E-state index in [-0.39, 0.29) is 17.2 Å². The van der Waals surface area contributed by atoms with Gasteiger partial charge in [0.25, 0.3) is 11.8 Å². The van der Waals surface area contributed by atoms with Gasteiger partial charge >= 0.3 is 0 Å². The van der Waals surface area contributed by atoms with Gasteiger partial charge in [0, 0.05) is 42.9 Å². The number of nitrogens with two attached hydrogens (primary N) is 2. The molecule has 0 radical (unpaired) electrons. The maximum Gasteiger partial charge on any atom is 0.276 e. The molecule has 0 unspecified atom stereocenters. The van der Waals surface area contributed by atoms with Crippen LogP contribution in [0.25, 0.3) is 22.1 Å². The highest BCUT2D eigenvalue weighted by Crippen LogP contribution is 2.31. The van der Waals surface area contributed by atoms with Crippen LogP contribution < -0.4 is 22.1 Å². The van der Waals surface area contributed by atoms with E-state index in [9.17, 15) is 19.2 Å². The number of fused-ring (bicyclic) bond motifs is 8. The Morgan fingerprint density at radius 1 is 0.782 bits per heavy atom. The Balaban J connectivity index is 1.31. The Hall–Kier alpha value is -6.32. The van der Waals surface area contributed by atoms with Gasteiger partial charge in [-0.2, -0.15) is 10.2 Å². The summed E-state index contributed by atoms with van der Waals surface area (Å²) in [5.41, 5.74) is 17.4. The molecule has 0 aliphatic carbocycles. The summed E-state index contributed by atoms with van der Waals surface area (Å²) in [7, 11) is 0. The SMILES string of the molecule is CCn1nc(C)c2c1C(=O)Nc1nc3cc(C(N)=O)ccc3n1CCCCn1c(nc3cc(C(N)=O)ccc31)NC(=O)c1cc(C)nn1CCC(C)(C)CC2. The zero-order chi connectivity index (χ0) is 39.2. The average Bonchev–Trinajstić information content (AvgIpc) is 3.88. The fourth-order valence-electron chi connectivity index (χ4n) is 7.37. The van der Waals surface area contributed by atoms with E-state index >= 15 is 0 Å². The van der Waals surface area contributed by atoms with Crippen LogP contribution in [0.3, 0.4) is 0 Å². The Bertz CT molecular complexity index is 2500. The molecule has 7 rings (SSSR count). The third kappa shape index (κ3) is 7.31. The van der Waals surface area contributed by atoms with Crippen molar-refractivity contribution in [1.82, 2.24) is 38.7 Å². The summed E-state index contributed by atoms with van der Waals surface area (Å²) in [6, 6.07) is 11.9. The molecule has 0 bridgehead atoms. The van der Waals surface area contributed by atoms with Crippen LogP contribution in [-0.2, 0) is 32.6 Å². The molecule has 6 aromatic rings. The second-order valence-corrected chi connectivity index (χ2v) is 15.0. The molecule has 0 saturated heterocycles. The second kappa shape index (κ2) is 14.5. The highest BCUT2D eigenvalue weighted by molar-refractivity contribution is 6.05. The normalized spacial score (nSPS) is 15.7. The summed E-state index contributed by atoms with van der Waals surface area (Å²) in [6.45, 7) is 12.0. The summed E-state index contributed by atoms with van der Waals surface area (Å²) in [5.74, 6) is -1.15. The standard InChI is InChI=1S/C39H46N12O4/c1-6-50-32-26(23(3)47-50)13-14-39(4,5)15-18-51-31(19-22(2)46-51)35(54)44-37-42-27-20-24(33(40)52)9-11-29(27)48(37)16-7-8-17-49-30-12-10-25(34(41)53)21-28(30)43-38(49)45-36(32)55/h9-12,19-21H,6-8,13-18H2,1-5H3,(H2,40,52)(H2,41,53)(H,42,44,54)(H,43,45,55). The van der Waals surface area contributed by atoms with Gasteiger partial charge in [-0.05, 0) is 101 Å².